The molecular formula is C15H16N4S. The lowest BCUT2D eigenvalue weighted by atomic mass is 10.3. The Bertz CT molecular complexity index is 754. The molecule has 1 aliphatic rings. The molecule has 0 saturated heterocycles. The van der Waals surface area contributed by atoms with Gasteiger partial charge >= 0.3 is 0 Å². The van der Waals surface area contributed by atoms with Crippen LogP contribution >= 0.6 is 11.3 Å². The summed E-state index contributed by atoms with van der Waals surface area (Å²) >= 11 is 1.68. The van der Waals surface area contributed by atoms with Gasteiger partial charge in [0.2, 0.25) is 0 Å². The molecule has 0 amide bonds. The van der Waals surface area contributed by atoms with Gasteiger partial charge in [-0.1, -0.05) is 12.1 Å². The highest BCUT2D eigenvalue weighted by Gasteiger charge is 2.29. The van der Waals surface area contributed by atoms with E-state index in [1.165, 1.54) is 18.4 Å². The number of rotatable bonds is 4. The molecule has 2 aromatic heterocycles. The van der Waals surface area contributed by atoms with Crippen LogP contribution in [-0.4, -0.2) is 21.1 Å². The van der Waals surface area contributed by atoms with Gasteiger partial charge in [0.15, 0.2) is 5.82 Å². The lowest BCUT2D eigenvalue weighted by Crippen LogP contribution is -2.02. The highest BCUT2D eigenvalue weighted by molar-refractivity contribution is 7.09. The van der Waals surface area contributed by atoms with Crippen molar-refractivity contribution in [3.8, 4) is 11.5 Å². The molecule has 5 heteroatoms. The molecule has 0 radical (unpaired) electrons. The number of hydrogen-bond donors (Lipinski definition) is 1. The van der Waals surface area contributed by atoms with Crippen LogP contribution in [0.25, 0.3) is 22.6 Å². The number of nitrogens with zero attached hydrogens (tertiary/aromatic N) is 3. The van der Waals surface area contributed by atoms with Crippen molar-refractivity contribution in [2.24, 2.45) is 5.73 Å². The summed E-state index contributed by atoms with van der Waals surface area (Å²) < 4.78 is 2.36. The first-order valence-electron chi connectivity index (χ1n) is 6.98. The minimum Gasteiger partial charge on any atom is -0.330 e. The summed E-state index contributed by atoms with van der Waals surface area (Å²) in [5.41, 5.74) is 8.87. The molecule has 1 saturated carbocycles. The van der Waals surface area contributed by atoms with E-state index in [4.69, 9.17) is 15.7 Å². The maximum atomic E-state index is 5.60. The Kier molecular flexibility index (Phi) is 2.82. The van der Waals surface area contributed by atoms with E-state index >= 15 is 0 Å². The van der Waals surface area contributed by atoms with Crippen LogP contribution in [0.5, 0.6) is 0 Å². The second-order valence-corrected chi connectivity index (χ2v) is 6.13. The minimum atomic E-state index is 0.594. The van der Waals surface area contributed by atoms with Crippen molar-refractivity contribution in [1.82, 2.24) is 14.5 Å². The zero-order chi connectivity index (χ0) is 13.5. The fourth-order valence-electron chi connectivity index (χ4n) is 2.58. The second-order valence-electron chi connectivity index (χ2n) is 5.19. The molecule has 4 rings (SSSR count). The summed E-state index contributed by atoms with van der Waals surface area (Å²) in [4.78, 5) is 9.49. The van der Waals surface area contributed by atoms with Crippen LogP contribution in [0.1, 0.15) is 23.9 Å². The Labute approximate surface area is 121 Å². The Hall–Kier alpha value is -1.72. The number of aromatic nitrogens is 3. The van der Waals surface area contributed by atoms with E-state index in [1.807, 2.05) is 6.07 Å². The first-order valence-corrected chi connectivity index (χ1v) is 7.86. The minimum absolute atomic E-state index is 0.594. The molecule has 0 bridgehead atoms. The molecule has 1 aliphatic carbocycles. The first-order chi connectivity index (χ1) is 9.86. The predicted octanol–water partition coefficient (Wildman–Crippen LogP) is 3.00. The number of imidazole rings is 1. The number of thiazole rings is 1. The topological polar surface area (TPSA) is 56.7 Å². The maximum Gasteiger partial charge on any atom is 0.160 e. The molecule has 20 heavy (non-hydrogen) atoms. The molecule has 0 spiro atoms. The molecule has 102 valence electrons. The Morgan fingerprint density at radius 2 is 2.10 bits per heavy atom. The van der Waals surface area contributed by atoms with Gasteiger partial charge in [-0.25, -0.2) is 9.97 Å². The van der Waals surface area contributed by atoms with Crippen molar-refractivity contribution in [2.45, 2.75) is 25.3 Å². The van der Waals surface area contributed by atoms with E-state index < -0.39 is 0 Å². The molecule has 1 aromatic carbocycles. The van der Waals surface area contributed by atoms with Crippen LogP contribution in [-0.2, 0) is 6.42 Å². The largest absolute Gasteiger partial charge is 0.330 e. The first kappa shape index (κ1) is 12.1. The monoisotopic (exact) mass is 284 g/mol. The van der Waals surface area contributed by atoms with Crippen LogP contribution in [0.4, 0.5) is 0 Å². The van der Waals surface area contributed by atoms with Gasteiger partial charge in [0, 0.05) is 17.8 Å². The lowest BCUT2D eigenvalue weighted by Gasteiger charge is -2.05. The lowest BCUT2D eigenvalue weighted by molar-refractivity contribution is 0.772. The zero-order valence-corrected chi connectivity index (χ0v) is 11.9. The average molecular weight is 284 g/mol. The van der Waals surface area contributed by atoms with Crippen LogP contribution in [0.2, 0.25) is 0 Å². The number of nitrogens with two attached hydrogens (primary N) is 1. The van der Waals surface area contributed by atoms with Gasteiger partial charge in [-0.15, -0.1) is 11.3 Å². The molecule has 0 unspecified atom stereocenters. The molecule has 0 aliphatic heterocycles. The number of benzene rings is 1. The molecule has 2 N–H and O–H groups in total. The van der Waals surface area contributed by atoms with Crippen molar-refractivity contribution in [3.05, 3.63) is 34.7 Å². The van der Waals surface area contributed by atoms with Gasteiger partial charge in [0.1, 0.15) is 5.69 Å². The van der Waals surface area contributed by atoms with Gasteiger partial charge in [0.05, 0.1) is 16.0 Å². The third-order valence-electron chi connectivity index (χ3n) is 3.65. The molecule has 3 aromatic rings. The molecule has 0 atom stereocenters. The van der Waals surface area contributed by atoms with Crippen molar-refractivity contribution >= 4 is 22.4 Å². The highest BCUT2D eigenvalue weighted by Crippen LogP contribution is 2.41. The summed E-state index contributed by atoms with van der Waals surface area (Å²) in [5, 5.41) is 3.20. The van der Waals surface area contributed by atoms with Crippen molar-refractivity contribution in [3.63, 3.8) is 0 Å². The van der Waals surface area contributed by atoms with E-state index in [2.05, 4.69) is 28.1 Å². The van der Waals surface area contributed by atoms with Gasteiger partial charge in [0.25, 0.3) is 0 Å². The van der Waals surface area contributed by atoms with E-state index in [0.29, 0.717) is 12.6 Å². The Balaban J connectivity index is 1.87. The maximum absolute atomic E-state index is 5.60. The molecule has 4 nitrogen and oxygen atoms in total. The van der Waals surface area contributed by atoms with Crippen LogP contribution in [0, 0.1) is 0 Å². The van der Waals surface area contributed by atoms with Gasteiger partial charge in [-0.2, -0.15) is 0 Å². The normalized spacial score (nSPS) is 15.1. The Morgan fingerprint density at radius 3 is 2.90 bits per heavy atom. The predicted molar refractivity (Wildman–Crippen MR) is 81.9 cm³/mol. The van der Waals surface area contributed by atoms with E-state index in [-0.39, 0.29) is 0 Å². The standard InChI is InChI=1S/C15H16N4S/c16-8-7-14-17-12(9-20-14)15-18-11-3-1-2-4-13(11)19(15)10-5-6-10/h1-4,9-10H,5-8,16H2. The molecule has 2 heterocycles. The number of para-hydroxylation sites is 2. The van der Waals surface area contributed by atoms with Crippen molar-refractivity contribution < 1.29 is 0 Å². The fourth-order valence-corrected chi connectivity index (χ4v) is 3.37. The quantitative estimate of drug-likeness (QED) is 0.801. The Morgan fingerprint density at radius 1 is 1.25 bits per heavy atom. The highest BCUT2D eigenvalue weighted by atomic mass is 32.1. The molecular weight excluding hydrogens is 268 g/mol. The summed E-state index contributed by atoms with van der Waals surface area (Å²) in [6.45, 7) is 0.645. The number of fused-ring (bicyclic) bond motifs is 1. The smallest absolute Gasteiger partial charge is 0.160 e. The van der Waals surface area contributed by atoms with Gasteiger partial charge in [-0.3, -0.25) is 0 Å². The third-order valence-corrected chi connectivity index (χ3v) is 4.56. The van der Waals surface area contributed by atoms with E-state index in [9.17, 15) is 0 Å². The SMILES string of the molecule is NCCc1nc(-c2nc3ccccc3n2C2CC2)cs1. The van der Waals surface area contributed by atoms with E-state index in [0.717, 1.165) is 28.5 Å². The zero-order valence-electron chi connectivity index (χ0n) is 11.1. The average Bonchev–Trinajstić information content (AvgIpc) is 3.07. The third kappa shape index (κ3) is 1.94. The van der Waals surface area contributed by atoms with E-state index in [1.54, 1.807) is 11.3 Å². The summed E-state index contributed by atoms with van der Waals surface area (Å²) in [7, 11) is 0. The molecule has 1 fully saturated rings. The number of hydrogen-bond acceptors (Lipinski definition) is 4. The van der Waals surface area contributed by atoms with Crippen molar-refractivity contribution in [2.75, 3.05) is 6.54 Å². The fraction of sp³-hybridized carbons (Fsp3) is 0.333. The summed E-state index contributed by atoms with van der Waals surface area (Å²) in [6, 6.07) is 8.93. The van der Waals surface area contributed by atoms with Crippen LogP contribution in [0.3, 0.4) is 0 Å². The summed E-state index contributed by atoms with van der Waals surface area (Å²) in [5.74, 6) is 1.01. The second kappa shape index (κ2) is 4.68. The summed E-state index contributed by atoms with van der Waals surface area (Å²) in [6.07, 6.45) is 3.33. The van der Waals surface area contributed by atoms with Gasteiger partial charge < -0.3 is 10.3 Å². The van der Waals surface area contributed by atoms with Crippen LogP contribution < -0.4 is 5.73 Å². The van der Waals surface area contributed by atoms with Crippen LogP contribution in [0.15, 0.2) is 29.6 Å². The van der Waals surface area contributed by atoms with Gasteiger partial charge in [-0.05, 0) is 31.5 Å². The van der Waals surface area contributed by atoms with Crippen molar-refractivity contribution in [1.29, 1.82) is 0 Å².